The van der Waals surface area contributed by atoms with E-state index in [1.54, 1.807) is 31.0 Å². The van der Waals surface area contributed by atoms with Gasteiger partial charge >= 0.3 is 0 Å². The molecule has 2 saturated heterocycles. The zero-order valence-corrected chi connectivity index (χ0v) is 24.9. The lowest BCUT2D eigenvalue weighted by atomic mass is 10.2. The summed E-state index contributed by atoms with van der Waals surface area (Å²) in [6, 6.07) is 1.82. The van der Waals surface area contributed by atoms with Crippen molar-refractivity contribution in [2.45, 2.75) is 6.92 Å². The van der Waals surface area contributed by atoms with Crippen molar-refractivity contribution in [1.82, 2.24) is 34.7 Å². The third-order valence-corrected chi connectivity index (χ3v) is 6.76. The highest BCUT2D eigenvalue weighted by molar-refractivity contribution is 9.10. The van der Waals surface area contributed by atoms with E-state index in [4.69, 9.17) is 15.2 Å². The molecule has 3 aromatic rings. The van der Waals surface area contributed by atoms with Crippen LogP contribution in [0.1, 0.15) is 16.8 Å². The Labute approximate surface area is 249 Å². The number of rotatable bonds is 8. The van der Waals surface area contributed by atoms with E-state index in [0.29, 0.717) is 17.6 Å². The van der Waals surface area contributed by atoms with Crippen LogP contribution in [0.15, 0.2) is 41.5 Å². The average molecular weight is 626 g/mol. The second kappa shape index (κ2) is 16.8. The maximum Gasteiger partial charge on any atom is 0.222 e. The van der Waals surface area contributed by atoms with Crippen molar-refractivity contribution in [3.8, 4) is 11.8 Å². The third kappa shape index (κ3) is 11.2. The lowest BCUT2D eigenvalue weighted by Gasteiger charge is -2.26. The Bertz CT molecular complexity index is 1260. The number of pyridine rings is 1. The second-order valence-corrected chi connectivity index (χ2v) is 10.3. The van der Waals surface area contributed by atoms with Crippen molar-refractivity contribution in [2.24, 2.45) is 0 Å². The Kier molecular flexibility index (Phi) is 12.5. The smallest absolute Gasteiger partial charge is 0.222 e. The standard InChI is InChI=1S/C18H22N6O.C10H15BrN4O/c1-14-16(10-17(19)13-21-14)3-2-15-11-22-18(23-12-15)20-4-5-24-6-8-25-9-7-24;11-9-7-13-10(14-8-9)12-1-2-15-3-5-16-6-4-15/h10-13H,4-9,19H2,1H3,(H,20,22,23);7-8H,1-6H2,(H,12,13,14). The summed E-state index contributed by atoms with van der Waals surface area (Å²) in [6.07, 6.45) is 8.54. The number of morpholine rings is 2. The molecular formula is C28H37BrN10O2. The van der Waals surface area contributed by atoms with Gasteiger partial charge in [0.15, 0.2) is 0 Å². The highest BCUT2D eigenvalue weighted by Crippen LogP contribution is 2.09. The highest BCUT2D eigenvalue weighted by Gasteiger charge is 2.10. The van der Waals surface area contributed by atoms with Gasteiger partial charge in [-0.25, -0.2) is 19.9 Å². The number of hydrogen-bond acceptors (Lipinski definition) is 12. The Morgan fingerprint density at radius 1 is 0.780 bits per heavy atom. The van der Waals surface area contributed by atoms with Crippen LogP contribution in [0, 0.1) is 18.8 Å². The Balaban J connectivity index is 0.000000208. The molecule has 0 radical (unpaired) electrons. The molecule has 0 atom stereocenters. The molecule has 0 spiro atoms. The van der Waals surface area contributed by atoms with Crippen LogP contribution >= 0.6 is 15.9 Å². The first-order valence-electron chi connectivity index (χ1n) is 13.7. The van der Waals surface area contributed by atoms with E-state index < -0.39 is 0 Å². The van der Waals surface area contributed by atoms with E-state index in [0.717, 1.165) is 100 Å². The minimum atomic E-state index is 0.603. The molecule has 2 aliphatic heterocycles. The summed E-state index contributed by atoms with van der Waals surface area (Å²) < 4.78 is 11.5. The molecule has 41 heavy (non-hydrogen) atoms. The van der Waals surface area contributed by atoms with E-state index in [1.165, 1.54) is 0 Å². The summed E-state index contributed by atoms with van der Waals surface area (Å²) in [6.45, 7) is 12.8. The first kappa shape index (κ1) is 30.5. The first-order valence-corrected chi connectivity index (χ1v) is 14.5. The highest BCUT2D eigenvalue weighted by atomic mass is 79.9. The van der Waals surface area contributed by atoms with Crippen molar-refractivity contribution in [1.29, 1.82) is 0 Å². The van der Waals surface area contributed by atoms with Crippen LogP contribution in [0.3, 0.4) is 0 Å². The van der Waals surface area contributed by atoms with E-state index in [9.17, 15) is 0 Å². The molecule has 12 nitrogen and oxygen atoms in total. The van der Waals surface area contributed by atoms with E-state index in [-0.39, 0.29) is 0 Å². The van der Waals surface area contributed by atoms with Crippen molar-refractivity contribution in [2.75, 3.05) is 95.2 Å². The predicted octanol–water partition coefficient (Wildman–Crippen LogP) is 1.89. The number of anilines is 3. The van der Waals surface area contributed by atoms with Crippen molar-refractivity contribution in [3.05, 3.63) is 58.3 Å². The molecule has 2 fully saturated rings. The summed E-state index contributed by atoms with van der Waals surface area (Å²) in [5.74, 6) is 7.40. The maximum atomic E-state index is 5.74. The summed E-state index contributed by atoms with van der Waals surface area (Å²) in [5.41, 5.74) is 8.76. The van der Waals surface area contributed by atoms with Gasteiger partial charge in [-0.3, -0.25) is 14.8 Å². The fourth-order valence-corrected chi connectivity index (χ4v) is 4.21. The fraction of sp³-hybridized carbons (Fsp3) is 0.464. The zero-order chi connectivity index (χ0) is 28.7. The second-order valence-electron chi connectivity index (χ2n) is 9.43. The normalized spacial score (nSPS) is 15.7. The molecule has 5 rings (SSSR count). The maximum absolute atomic E-state index is 5.74. The number of aryl methyl sites for hydroxylation is 1. The largest absolute Gasteiger partial charge is 0.397 e. The number of nitrogens with two attached hydrogens (primary N) is 1. The van der Waals surface area contributed by atoms with Crippen LogP contribution in [-0.4, -0.2) is 114 Å². The van der Waals surface area contributed by atoms with Gasteiger partial charge in [-0.1, -0.05) is 11.8 Å². The first-order chi connectivity index (χ1) is 20.0. The van der Waals surface area contributed by atoms with Crippen molar-refractivity contribution >= 4 is 33.5 Å². The topological polar surface area (TPSA) is 139 Å². The van der Waals surface area contributed by atoms with Gasteiger partial charge in [0.05, 0.1) is 54.0 Å². The van der Waals surface area contributed by atoms with Crippen LogP contribution in [-0.2, 0) is 9.47 Å². The number of nitrogens with one attached hydrogen (secondary N) is 2. The van der Waals surface area contributed by atoms with Gasteiger partial charge in [0, 0.05) is 82.7 Å². The van der Waals surface area contributed by atoms with Crippen LogP contribution in [0.25, 0.3) is 0 Å². The summed E-state index contributed by atoms with van der Waals surface area (Å²) >= 11 is 3.30. The SMILES string of the molecule is Brc1cnc(NCCN2CCOCC2)nc1.Cc1ncc(N)cc1C#Cc1cnc(NCCN2CCOCC2)nc1. The molecule has 13 heteroatoms. The molecule has 0 aliphatic carbocycles. The Morgan fingerprint density at radius 3 is 1.83 bits per heavy atom. The number of aromatic nitrogens is 5. The van der Waals surface area contributed by atoms with Gasteiger partial charge in [-0.05, 0) is 28.9 Å². The fourth-order valence-electron chi connectivity index (χ4n) is 4.00. The molecule has 3 aromatic heterocycles. The Morgan fingerprint density at radius 2 is 1.29 bits per heavy atom. The van der Waals surface area contributed by atoms with Crippen molar-refractivity contribution in [3.63, 3.8) is 0 Å². The number of nitrogen functional groups attached to an aromatic ring is 1. The van der Waals surface area contributed by atoms with Crippen LogP contribution in [0.5, 0.6) is 0 Å². The van der Waals surface area contributed by atoms with Gasteiger partial charge < -0.3 is 25.8 Å². The van der Waals surface area contributed by atoms with E-state index >= 15 is 0 Å². The lowest BCUT2D eigenvalue weighted by molar-refractivity contribution is 0.0398. The molecule has 0 amide bonds. The van der Waals surface area contributed by atoms with Crippen LogP contribution in [0.2, 0.25) is 0 Å². The van der Waals surface area contributed by atoms with Crippen LogP contribution in [0.4, 0.5) is 17.6 Å². The zero-order valence-electron chi connectivity index (χ0n) is 23.4. The molecule has 0 bridgehead atoms. The van der Waals surface area contributed by atoms with Crippen molar-refractivity contribution < 1.29 is 9.47 Å². The number of nitrogens with zero attached hydrogens (tertiary/aromatic N) is 7. The summed E-state index contributed by atoms with van der Waals surface area (Å²) in [7, 11) is 0. The average Bonchev–Trinajstić information content (AvgIpc) is 3.01. The molecule has 0 aromatic carbocycles. The van der Waals surface area contributed by atoms with Gasteiger partial charge in [-0.15, -0.1) is 0 Å². The molecule has 218 valence electrons. The summed E-state index contributed by atoms with van der Waals surface area (Å²) in [5, 5.41) is 6.42. The third-order valence-electron chi connectivity index (χ3n) is 6.35. The monoisotopic (exact) mass is 624 g/mol. The number of halogens is 1. The molecule has 2 aliphatic rings. The minimum Gasteiger partial charge on any atom is -0.397 e. The van der Waals surface area contributed by atoms with E-state index in [2.05, 4.69) is 73.1 Å². The molecule has 0 saturated carbocycles. The predicted molar refractivity (Wildman–Crippen MR) is 163 cm³/mol. The Hall–Kier alpha value is -3.41. The van der Waals surface area contributed by atoms with Gasteiger partial charge in [0.2, 0.25) is 11.9 Å². The van der Waals surface area contributed by atoms with Gasteiger partial charge in [0.1, 0.15) is 0 Å². The summed E-state index contributed by atoms with van der Waals surface area (Å²) in [4.78, 5) is 25.8. The molecule has 5 heterocycles. The minimum absolute atomic E-state index is 0.603. The number of hydrogen-bond donors (Lipinski definition) is 3. The molecular weight excluding hydrogens is 588 g/mol. The van der Waals surface area contributed by atoms with Gasteiger partial charge in [-0.2, -0.15) is 0 Å². The lowest BCUT2D eigenvalue weighted by Crippen LogP contribution is -2.39. The van der Waals surface area contributed by atoms with E-state index in [1.807, 2.05) is 13.0 Å². The van der Waals surface area contributed by atoms with Gasteiger partial charge in [0.25, 0.3) is 0 Å². The van der Waals surface area contributed by atoms with Crippen LogP contribution < -0.4 is 16.4 Å². The molecule has 4 N–H and O–H groups in total. The molecule has 0 unspecified atom stereocenters. The quantitative estimate of drug-likeness (QED) is 0.315. The number of ether oxygens (including phenoxy) is 2.